The van der Waals surface area contributed by atoms with Crippen LogP contribution in [0.2, 0.25) is 0 Å². The Labute approximate surface area is 189 Å². The third kappa shape index (κ3) is 6.92. The highest BCUT2D eigenvalue weighted by molar-refractivity contribution is 6.53. The van der Waals surface area contributed by atoms with E-state index in [-0.39, 0.29) is 17.9 Å². The molecule has 0 aromatic heterocycles. The predicted molar refractivity (Wildman–Crippen MR) is 116 cm³/mol. The van der Waals surface area contributed by atoms with Gasteiger partial charge in [0.25, 0.3) is 11.6 Å². The largest absolute Gasteiger partial charge is 0.463 e. The van der Waals surface area contributed by atoms with Crippen LogP contribution in [0.15, 0.2) is 54.6 Å². The first-order valence-electron chi connectivity index (χ1n) is 9.47. The summed E-state index contributed by atoms with van der Waals surface area (Å²) in [5.74, 6) is -1.81. The molecule has 0 aliphatic heterocycles. The summed E-state index contributed by atoms with van der Waals surface area (Å²) in [6.07, 6.45) is -0.836. The fraction of sp³-hybridized carbons (Fsp3) is 0.333. The van der Waals surface area contributed by atoms with Crippen LogP contribution in [-0.4, -0.2) is 39.4 Å². The Balaban J connectivity index is 2.16. The molecule has 0 heterocycles. The summed E-state index contributed by atoms with van der Waals surface area (Å²) in [6, 6.07) is 13.1. The number of ether oxygens (including phenoxy) is 1. The quantitative estimate of drug-likeness (QED) is 0.237. The summed E-state index contributed by atoms with van der Waals surface area (Å²) in [4.78, 5) is 33.5. The maximum atomic E-state index is 12.6. The van der Waals surface area contributed by atoms with Gasteiger partial charge in [0, 0.05) is 12.1 Å². The number of hydrogen-bond donors (Lipinski definition) is 2. The van der Waals surface area contributed by atoms with Crippen LogP contribution in [0.4, 0.5) is 5.69 Å². The van der Waals surface area contributed by atoms with Gasteiger partial charge >= 0.3 is 5.97 Å². The van der Waals surface area contributed by atoms with Crippen LogP contribution in [0.25, 0.3) is 0 Å². The van der Waals surface area contributed by atoms with E-state index < -0.39 is 39.7 Å². The van der Waals surface area contributed by atoms with E-state index in [1.807, 2.05) is 37.3 Å². The molecule has 0 fully saturated rings. The summed E-state index contributed by atoms with van der Waals surface area (Å²) >= 11 is 11.2. The number of aliphatic hydroxyl groups excluding tert-OH is 1. The third-order valence-corrected chi connectivity index (χ3v) is 5.05. The van der Waals surface area contributed by atoms with Crippen molar-refractivity contribution in [3.05, 3.63) is 75.8 Å². The van der Waals surface area contributed by atoms with Crippen LogP contribution in [0.5, 0.6) is 0 Å². The Kier molecular flexibility index (Phi) is 9.23. The zero-order valence-electron chi connectivity index (χ0n) is 16.6. The van der Waals surface area contributed by atoms with Crippen molar-refractivity contribution >= 4 is 40.8 Å². The van der Waals surface area contributed by atoms with E-state index in [0.717, 1.165) is 5.56 Å². The number of nitrogens with zero attached hydrogens (tertiary/aromatic N) is 1. The lowest BCUT2D eigenvalue weighted by Crippen LogP contribution is -2.45. The molecule has 1 amide bonds. The molecular formula is C21H22Cl2N2O6. The molecule has 0 saturated carbocycles. The number of nitro benzene ring substituents is 1. The zero-order valence-corrected chi connectivity index (χ0v) is 18.1. The highest BCUT2D eigenvalue weighted by Gasteiger charge is 2.28. The first-order chi connectivity index (χ1) is 14.7. The Morgan fingerprint density at radius 1 is 1.10 bits per heavy atom. The van der Waals surface area contributed by atoms with E-state index in [0.29, 0.717) is 6.42 Å². The van der Waals surface area contributed by atoms with Crippen LogP contribution in [0, 0.1) is 10.1 Å². The average Bonchev–Trinajstić information content (AvgIpc) is 2.77. The van der Waals surface area contributed by atoms with E-state index in [9.17, 15) is 24.8 Å². The number of alkyl halides is 2. The van der Waals surface area contributed by atoms with Crippen molar-refractivity contribution in [1.29, 1.82) is 0 Å². The van der Waals surface area contributed by atoms with Gasteiger partial charge in [0.2, 0.25) is 0 Å². The molecule has 10 heteroatoms. The molecule has 8 nitrogen and oxygen atoms in total. The smallest absolute Gasteiger partial charge is 0.313 e. The third-order valence-electron chi connectivity index (χ3n) is 4.65. The molecule has 2 aromatic rings. The number of non-ortho nitro benzene ring substituents is 1. The van der Waals surface area contributed by atoms with Crippen LogP contribution in [0.3, 0.4) is 0 Å². The van der Waals surface area contributed by atoms with Crippen molar-refractivity contribution in [3.63, 3.8) is 0 Å². The van der Waals surface area contributed by atoms with Crippen LogP contribution in [-0.2, 0) is 14.3 Å². The summed E-state index contributed by atoms with van der Waals surface area (Å²) < 4.78 is 5.39. The van der Waals surface area contributed by atoms with Crippen LogP contribution in [0.1, 0.15) is 36.5 Å². The van der Waals surface area contributed by atoms with Gasteiger partial charge < -0.3 is 15.2 Å². The molecule has 2 rings (SSSR count). The fourth-order valence-corrected chi connectivity index (χ4v) is 3.11. The van der Waals surface area contributed by atoms with Gasteiger partial charge in [-0.15, -0.1) is 0 Å². The van der Waals surface area contributed by atoms with Crippen LogP contribution < -0.4 is 5.32 Å². The second kappa shape index (κ2) is 11.6. The summed E-state index contributed by atoms with van der Waals surface area (Å²) in [5, 5.41) is 24.0. The lowest BCUT2D eigenvalue weighted by molar-refractivity contribution is -0.384. The molecule has 0 aliphatic carbocycles. The minimum atomic E-state index is -1.39. The van der Waals surface area contributed by atoms with E-state index >= 15 is 0 Å². The number of amides is 1. The Morgan fingerprint density at radius 2 is 1.71 bits per heavy atom. The number of halogens is 2. The second-order valence-corrected chi connectivity index (χ2v) is 7.81. The number of nitrogens with one attached hydrogen (secondary N) is 1. The minimum Gasteiger partial charge on any atom is -0.463 e. The first-order valence-corrected chi connectivity index (χ1v) is 10.3. The highest BCUT2D eigenvalue weighted by Crippen LogP contribution is 2.24. The summed E-state index contributed by atoms with van der Waals surface area (Å²) in [5.41, 5.74) is 0.911. The van der Waals surface area contributed by atoms with Crippen molar-refractivity contribution in [2.75, 3.05) is 6.61 Å². The molecule has 2 N–H and O–H groups in total. The van der Waals surface area contributed by atoms with Crippen LogP contribution >= 0.6 is 23.2 Å². The van der Waals surface area contributed by atoms with Gasteiger partial charge in [-0.1, -0.05) is 60.5 Å². The van der Waals surface area contributed by atoms with Gasteiger partial charge in [-0.25, -0.2) is 0 Å². The zero-order chi connectivity index (χ0) is 23.0. The van der Waals surface area contributed by atoms with Gasteiger partial charge in [0.1, 0.15) is 12.7 Å². The normalized spacial score (nSPS) is 13.8. The molecule has 0 unspecified atom stereocenters. The van der Waals surface area contributed by atoms with Crippen molar-refractivity contribution in [2.24, 2.45) is 0 Å². The topological polar surface area (TPSA) is 119 Å². The lowest BCUT2D eigenvalue weighted by Gasteiger charge is -2.25. The van der Waals surface area contributed by atoms with Gasteiger partial charge in [-0.2, -0.15) is 0 Å². The number of rotatable bonds is 10. The molecule has 31 heavy (non-hydrogen) atoms. The number of carbonyl (C=O) groups is 2. The number of nitro groups is 1. The molecule has 2 aromatic carbocycles. The Morgan fingerprint density at radius 3 is 2.23 bits per heavy atom. The molecule has 0 aliphatic rings. The molecular weight excluding hydrogens is 447 g/mol. The summed E-state index contributed by atoms with van der Waals surface area (Å²) in [6.45, 7) is 1.49. The van der Waals surface area contributed by atoms with Crippen molar-refractivity contribution in [3.8, 4) is 0 Å². The number of carbonyl (C=O) groups excluding carboxylic acids is 2. The lowest BCUT2D eigenvalue weighted by atomic mass is 9.97. The highest BCUT2D eigenvalue weighted by atomic mass is 35.5. The van der Waals surface area contributed by atoms with Gasteiger partial charge in [-0.3, -0.25) is 19.7 Å². The number of esters is 1. The molecule has 0 spiro atoms. The SMILES string of the molecule is CC[C@@H](C(=O)OC[C@@H](NC(=O)C(Cl)Cl)[C@H](O)c1ccc([N+](=O)[O-])cc1)c1ccccc1. The predicted octanol–water partition coefficient (Wildman–Crippen LogP) is 3.65. The maximum absolute atomic E-state index is 12.6. The molecule has 0 bridgehead atoms. The van der Waals surface area contributed by atoms with E-state index in [2.05, 4.69) is 5.32 Å². The number of aliphatic hydroxyl groups is 1. The van der Waals surface area contributed by atoms with Gasteiger partial charge in [0.05, 0.1) is 16.9 Å². The first kappa shape index (κ1) is 24.6. The molecule has 3 atom stereocenters. The second-order valence-electron chi connectivity index (χ2n) is 6.71. The fourth-order valence-electron chi connectivity index (χ4n) is 2.98. The van der Waals surface area contributed by atoms with Crippen molar-refractivity contribution in [2.45, 2.75) is 36.2 Å². The summed E-state index contributed by atoms with van der Waals surface area (Å²) in [7, 11) is 0. The van der Waals surface area contributed by atoms with Crippen molar-refractivity contribution in [1.82, 2.24) is 5.32 Å². The Bertz CT molecular complexity index is 893. The van der Waals surface area contributed by atoms with E-state index in [1.54, 1.807) is 0 Å². The average molecular weight is 469 g/mol. The standard InChI is InChI=1S/C21H22Cl2N2O6/c1-2-16(13-6-4-3-5-7-13)21(28)31-12-17(24-20(27)19(22)23)18(26)14-8-10-15(11-9-14)25(29)30/h3-11,16-19,26H,2,12H2,1H3,(H,24,27)/t16-,17-,18-/m1/s1. The molecule has 0 radical (unpaired) electrons. The van der Waals surface area contributed by atoms with Gasteiger partial charge in [-0.05, 0) is 29.7 Å². The number of hydrogen-bond acceptors (Lipinski definition) is 6. The minimum absolute atomic E-state index is 0.154. The van der Waals surface area contributed by atoms with Crippen molar-refractivity contribution < 1.29 is 24.4 Å². The van der Waals surface area contributed by atoms with Gasteiger partial charge in [0.15, 0.2) is 4.84 Å². The maximum Gasteiger partial charge on any atom is 0.313 e. The number of benzene rings is 2. The molecule has 166 valence electrons. The molecule has 0 saturated heterocycles. The monoisotopic (exact) mass is 468 g/mol. The van der Waals surface area contributed by atoms with E-state index in [1.165, 1.54) is 24.3 Å². The Hall–Kier alpha value is -2.68. The van der Waals surface area contributed by atoms with E-state index in [4.69, 9.17) is 27.9 Å².